The predicted molar refractivity (Wildman–Crippen MR) is 72.9 cm³/mol. The van der Waals surface area contributed by atoms with E-state index >= 15 is 0 Å². The molecule has 0 aromatic heterocycles. The van der Waals surface area contributed by atoms with Gasteiger partial charge >= 0.3 is 0 Å². The van der Waals surface area contributed by atoms with Crippen LogP contribution < -0.4 is 5.84 Å². The van der Waals surface area contributed by atoms with E-state index in [0.29, 0.717) is 11.6 Å². The van der Waals surface area contributed by atoms with E-state index in [1.54, 1.807) is 6.07 Å². The number of halogens is 1. The first kappa shape index (κ1) is 14.5. The molecule has 1 atom stereocenters. The van der Waals surface area contributed by atoms with Crippen molar-refractivity contribution in [2.45, 2.75) is 26.7 Å². The van der Waals surface area contributed by atoms with Gasteiger partial charge in [0.05, 0.1) is 6.61 Å². The first-order valence-electron chi connectivity index (χ1n) is 5.68. The lowest BCUT2D eigenvalue weighted by molar-refractivity contribution is -0.117. The van der Waals surface area contributed by atoms with E-state index in [1.807, 2.05) is 26.0 Å². The number of rotatable bonds is 4. The number of carbonyl (C=O) groups excluding carboxylic acids is 1. The summed E-state index contributed by atoms with van der Waals surface area (Å²) < 4.78 is 5.30. The fourth-order valence-corrected chi connectivity index (χ4v) is 1.87. The van der Waals surface area contributed by atoms with Crippen molar-refractivity contribution in [3.63, 3.8) is 0 Å². The maximum atomic E-state index is 11.8. The van der Waals surface area contributed by atoms with E-state index in [4.69, 9.17) is 22.2 Å². The minimum absolute atomic E-state index is 0.0902. The molecule has 0 spiro atoms. The zero-order valence-electron chi connectivity index (χ0n) is 10.7. The summed E-state index contributed by atoms with van der Waals surface area (Å²) in [6, 6.07) is 5.43. The summed E-state index contributed by atoms with van der Waals surface area (Å²) in [5.41, 5.74) is 1.68. The number of hydrogen-bond acceptors (Lipinski definition) is 4. The molecule has 0 amide bonds. The minimum atomic E-state index is -0.604. The summed E-state index contributed by atoms with van der Waals surface area (Å²) in [6.45, 7) is 5.59. The van der Waals surface area contributed by atoms with Crippen molar-refractivity contribution < 1.29 is 9.53 Å². The van der Waals surface area contributed by atoms with Crippen LogP contribution in [0.4, 0.5) is 0 Å². The Morgan fingerprint density at radius 1 is 1.56 bits per heavy atom. The molecule has 1 aromatic carbocycles. The molecular weight excluding hydrogens is 252 g/mol. The lowest BCUT2D eigenvalue weighted by atomic mass is 9.94. The lowest BCUT2D eigenvalue weighted by Gasteiger charge is -2.17. The first-order valence-corrected chi connectivity index (χ1v) is 6.06. The molecule has 18 heavy (non-hydrogen) atoms. The second kappa shape index (κ2) is 6.40. The SMILES string of the molecule is CCOC(=NN)C(C(C)=O)c1ccc(C)c(Cl)c1. The highest BCUT2D eigenvalue weighted by Crippen LogP contribution is 2.25. The van der Waals surface area contributed by atoms with Crippen LogP contribution in [-0.2, 0) is 9.53 Å². The van der Waals surface area contributed by atoms with Crippen molar-refractivity contribution >= 4 is 23.3 Å². The monoisotopic (exact) mass is 268 g/mol. The second-order valence-corrected chi connectivity index (χ2v) is 4.36. The van der Waals surface area contributed by atoms with Crippen molar-refractivity contribution in [3.05, 3.63) is 34.3 Å². The standard InChI is InChI=1S/C13H17ClN2O2/c1-4-18-13(16-15)12(9(3)17)10-6-5-8(2)11(14)7-10/h5-7,12H,4,15H2,1-3H3. The maximum absolute atomic E-state index is 11.8. The summed E-state index contributed by atoms with van der Waals surface area (Å²) in [5, 5.41) is 4.16. The number of hydrogen-bond donors (Lipinski definition) is 1. The molecule has 0 aliphatic heterocycles. The zero-order chi connectivity index (χ0) is 13.7. The third-order valence-corrected chi connectivity index (χ3v) is 3.01. The summed E-state index contributed by atoms with van der Waals surface area (Å²) in [5.74, 6) is 4.80. The molecule has 0 saturated heterocycles. The molecule has 0 saturated carbocycles. The Labute approximate surface area is 112 Å². The quantitative estimate of drug-likeness (QED) is 0.395. The van der Waals surface area contributed by atoms with Crippen LogP contribution in [0.15, 0.2) is 23.3 Å². The largest absolute Gasteiger partial charge is 0.479 e. The number of ether oxygens (including phenoxy) is 1. The Morgan fingerprint density at radius 3 is 2.67 bits per heavy atom. The third kappa shape index (κ3) is 3.23. The summed E-state index contributed by atoms with van der Waals surface area (Å²) in [7, 11) is 0. The van der Waals surface area contributed by atoms with Crippen molar-refractivity contribution in [2.75, 3.05) is 6.61 Å². The fourth-order valence-electron chi connectivity index (χ4n) is 1.68. The van der Waals surface area contributed by atoms with E-state index in [0.717, 1.165) is 11.1 Å². The van der Waals surface area contributed by atoms with Gasteiger partial charge in [-0.1, -0.05) is 23.7 Å². The number of Topliss-reactive ketones (excluding diaryl/α,β-unsaturated/α-hetero) is 1. The van der Waals surface area contributed by atoms with Gasteiger partial charge < -0.3 is 10.6 Å². The van der Waals surface area contributed by atoms with Gasteiger partial charge in [0, 0.05) is 5.02 Å². The van der Waals surface area contributed by atoms with Crippen LogP contribution in [0.5, 0.6) is 0 Å². The van der Waals surface area contributed by atoms with Crippen LogP contribution >= 0.6 is 11.6 Å². The molecule has 0 aliphatic rings. The zero-order valence-corrected chi connectivity index (χ0v) is 11.5. The van der Waals surface area contributed by atoms with E-state index < -0.39 is 5.92 Å². The number of carbonyl (C=O) groups is 1. The van der Waals surface area contributed by atoms with Crippen molar-refractivity contribution in [1.29, 1.82) is 0 Å². The highest BCUT2D eigenvalue weighted by Gasteiger charge is 2.25. The van der Waals surface area contributed by atoms with Gasteiger partial charge in [-0.25, -0.2) is 0 Å². The summed E-state index contributed by atoms with van der Waals surface area (Å²) in [6.07, 6.45) is 0. The van der Waals surface area contributed by atoms with E-state index in [1.165, 1.54) is 6.92 Å². The summed E-state index contributed by atoms with van der Waals surface area (Å²) >= 11 is 6.06. The number of ketones is 1. The number of nitrogens with two attached hydrogens (primary N) is 1. The van der Waals surface area contributed by atoms with Crippen LogP contribution in [0, 0.1) is 6.92 Å². The second-order valence-electron chi connectivity index (χ2n) is 3.95. The average Bonchev–Trinajstić information content (AvgIpc) is 2.32. The van der Waals surface area contributed by atoms with Gasteiger partial charge in [0.2, 0.25) is 5.90 Å². The molecule has 98 valence electrons. The highest BCUT2D eigenvalue weighted by molar-refractivity contribution is 6.31. The van der Waals surface area contributed by atoms with Gasteiger partial charge in [0.15, 0.2) is 0 Å². The molecule has 1 unspecified atom stereocenters. The van der Waals surface area contributed by atoms with Gasteiger partial charge in [-0.15, -0.1) is 5.10 Å². The minimum Gasteiger partial charge on any atom is -0.479 e. The smallest absolute Gasteiger partial charge is 0.220 e. The Hall–Kier alpha value is -1.55. The van der Waals surface area contributed by atoms with E-state index in [2.05, 4.69) is 5.10 Å². The Kier molecular flexibility index (Phi) is 5.16. The fraction of sp³-hybridized carbons (Fsp3) is 0.385. The molecule has 0 aliphatic carbocycles. The van der Waals surface area contributed by atoms with Gasteiger partial charge in [-0.2, -0.15) is 0 Å². The average molecular weight is 269 g/mol. The number of benzene rings is 1. The molecule has 1 rings (SSSR count). The lowest BCUT2D eigenvalue weighted by Crippen LogP contribution is -2.24. The number of aryl methyl sites for hydroxylation is 1. The van der Waals surface area contributed by atoms with Crippen LogP contribution in [0.2, 0.25) is 5.02 Å². The van der Waals surface area contributed by atoms with Gasteiger partial charge in [0.25, 0.3) is 0 Å². The third-order valence-electron chi connectivity index (χ3n) is 2.60. The Bertz CT molecular complexity index is 472. The van der Waals surface area contributed by atoms with Crippen molar-refractivity contribution in [1.82, 2.24) is 0 Å². The number of hydrazone groups is 1. The van der Waals surface area contributed by atoms with Crippen LogP contribution in [0.25, 0.3) is 0 Å². The molecule has 1 aromatic rings. The summed E-state index contributed by atoms with van der Waals surface area (Å²) in [4.78, 5) is 11.8. The number of nitrogens with zero attached hydrogens (tertiary/aromatic N) is 1. The molecule has 0 heterocycles. The topological polar surface area (TPSA) is 64.7 Å². The van der Waals surface area contributed by atoms with Gasteiger partial charge in [-0.3, -0.25) is 4.79 Å². The molecular formula is C13H17ClN2O2. The maximum Gasteiger partial charge on any atom is 0.220 e. The van der Waals surface area contributed by atoms with Gasteiger partial charge in [-0.05, 0) is 38.0 Å². The molecule has 0 fully saturated rings. The van der Waals surface area contributed by atoms with Crippen molar-refractivity contribution in [3.8, 4) is 0 Å². The van der Waals surface area contributed by atoms with E-state index in [9.17, 15) is 4.79 Å². The van der Waals surface area contributed by atoms with E-state index in [-0.39, 0.29) is 11.7 Å². The molecule has 5 heteroatoms. The van der Waals surface area contributed by atoms with Crippen LogP contribution in [0.3, 0.4) is 0 Å². The van der Waals surface area contributed by atoms with Crippen LogP contribution in [0.1, 0.15) is 30.9 Å². The van der Waals surface area contributed by atoms with Gasteiger partial charge in [0.1, 0.15) is 11.7 Å². The van der Waals surface area contributed by atoms with Crippen molar-refractivity contribution in [2.24, 2.45) is 10.9 Å². The highest BCUT2D eigenvalue weighted by atomic mass is 35.5. The molecule has 0 bridgehead atoms. The predicted octanol–water partition coefficient (Wildman–Crippen LogP) is 2.63. The Morgan fingerprint density at radius 2 is 2.22 bits per heavy atom. The normalized spacial score (nSPS) is 13.2. The first-order chi connectivity index (χ1) is 8.51. The molecule has 0 radical (unpaired) electrons. The molecule has 2 N–H and O–H groups in total. The van der Waals surface area contributed by atoms with Crippen LogP contribution in [-0.4, -0.2) is 18.3 Å². The molecule has 4 nitrogen and oxygen atoms in total. The Balaban J connectivity index is 3.19.